The predicted molar refractivity (Wildman–Crippen MR) is 128 cm³/mol. The lowest BCUT2D eigenvalue weighted by molar-refractivity contribution is -0.116. The van der Waals surface area contributed by atoms with Gasteiger partial charge in [-0.25, -0.2) is 4.98 Å². The number of fused-ring (bicyclic) bond motifs is 2. The minimum atomic E-state index is -0.313. The van der Waals surface area contributed by atoms with Gasteiger partial charge in [0.15, 0.2) is 5.82 Å². The van der Waals surface area contributed by atoms with E-state index in [4.69, 9.17) is 4.98 Å². The maximum atomic E-state index is 12.7. The number of nitrogens with one attached hydrogen (secondary N) is 1. The van der Waals surface area contributed by atoms with E-state index in [1.54, 1.807) is 35.0 Å². The van der Waals surface area contributed by atoms with Crippen LogP contribution in [-0.4, -0.2) is 43.9 Å². The third kappa shape index (κ3) is 3.83. The quantitative estimate of drug-likeness (QED) is 0.444. The molecule has 0 atom stereocenters. The largest absolute Gasteiger partial charge is 0.311 e. The van der Waals surface area contributed by atoms with Gasteiger partial charge in [0.25, 0.3) is 11.8 Å². The van der Waals surface area contributed by atoms with E-state index in [9.17, 15) is 14.4 Å². The fourth-order valence-corrected chi connectivity index (χ4v) is 4.25. The van der Waals surface area contributed by atoms with E-state index in [0.717, 1.165) is 22.2 Å². The summed E-state index contributed by atoms with van der Waals surface area (Å²) in [6, 6.07) is 18.4. The highest BCUT2D eigenvalue weighted by molar-refractivity contribution is 6.21. The Morgan fingerprint density at radius 3 is 2.35 bits per heavy atom. The maximum absolute atomic E-state index is 12.7. The molecule has 1 aliphatic heterocycles. The van der Waals surface area contributed by atoms with Crippen LogP contribution < -0.4 is 5.32 Å². The summed E-state index contributed by atoms with van der Waals surface area (Å²) in [5.74, 6) is 0.284. The molecule has 0 fully saturated rings. The van der Waals surface area contributed by atoms with E-state index in [-0.39, 0.29) is 30.7 Å². The lowest BCUT2D eigenvalue weighted by Crippen LogP contribution is -2.31. The van der Waals surface area contributed by atoms with Crippen molar-refractivity contribution in [3.8, 4) is 5.82 Å². The molecule has 1 aliphatic rings. The first-order valence-electron chi connectivity index (χ1n) is 11.1. The zero-order chi connectivity index (χ0) is 23.8. The predicted octanol–water partition coefficient (Wildman–Crippen LogP) is 4.05. The van der Waals surface area contributed by atoms with Gasteiger partial charge < -0.3 is 5.32 Å². The second-order valence-corrected chi connectivity index (χ2v) is 8.36. The number of aromatic nitrogens is 3. The summed E-state index contributed by atoms with van der Waals surface area (Å²) < 4.78 is 1.62. The average Bonchev–Trinajstić information content (AvgIpc) is 3.31. The standard InChI is InChI=1S/C26H23N5O3/c1-16-14-22(27-21-11-6-5-8-18(16)21)31-23(15-17(2)29-31)28-24(32)12-7-13-30-25(33)19-9-3-4-10-20(19)26(30)34/h3-6,8-11,14-15H,7,12-13H2,1-2H3,(H,28,32). The minimum absolute atomic E-state index is 0.155. The summed E-state index contributed by atoms with van der Waals surface area (Å²) in [5, 5.41) is 8.47. The molecule has 0 spiro atoms. The van der Waals surface area contributed by atoms with Crippen molar-refractivity contribution in [1.82, 2.24) is 19.7 Å². The van der Waals surface area contributed by atoms with Crippen LogP contribution in [0.1, 0.15) is 44.8 Å². The summed E-state index contributed by atoms with van der Waals surface area (Å²) in [6.07, 6.45) is 0.513. The Bertz CT molecular complexity index is 1420. The molecule has 2 aromatic heterocycles. The molecule has 0 radical (unpaired) electrons. The minimum Gasteiger partial charge on any atom is -0.311 e. The first kappa shape index (κ1) is 21.5. The molecule has 3 amide bonds. The molecule has 0 saturated heterocycles. The number of amides is 3. The van der Waals surface area contributed by atoms with Crippen molar-refractivity contribution in [2.45, 2.75) is 26.7 Å². The van der Waals surface area contributed by atoms with Gasteiger partial charge in [0, 0.05) is 24.4 Å². The van der Waals surface area contributed by atoms with Crippen LogP contribution in [0.2, 0.25) is 0 Å². The van der Waals surface area contributed by atoms with Crippen molar-refractivity contribution in [3.05, 3.63) is 83.0 Å². The molecule has 0 bridgehead atoms. The van der Waals surface area contributed by atoms with Crippen molar-refractivity contribution in [3.63, 3.8) is 0 Å². The van der Waals surface area contributed by atoms with Crippen molar-refractivity contribution < 1.29 is 14.4 Å². The molecule has 5 rings (SSSR count). The SMILES string of the molecule is Cc1cc(NC(=O)CCCN2C(=O)c3ccccc3C2=O)n(-c2cc(C)c3ccccc3n2)n1. The molecule has 8 heteroatoms. The van der Waals surface area contributed by atoms with Gasteiger partial charge in [-0.15, -0.1) is 0 Å². The van der Waals surface area contributed by atoms with Gasteiger partial charge in [0.2, 0.25) is 5.91 Å². The number of benzene rings is 2. The van der Waals surface area contributed by atoms with Gasteiger partial charge >= 0.3 is 0 Å². The van der Waals surface area contributed by atoms with Crippen LogP contribution in [0.25, 0.3) is 16.7 Å². The lowest BCUT2D eigenvalue weighted by Gasteiger charge is -2.14. The average molecular weight is 454 g/mol. The molecule has 1 N–H and O–H groups in total. The van der Waals surface area contributed by atoms with Crippen LogP contribution in [0.4, 0.5) is 5.82 Å². The third-order valence-corrected chi connectivity index (χ3v) is 5.89. The van der Waals surface area contributed by atoms with Crippen LogP contribution in [0.15, 0.2) is 60.7 Å². The fraction of sp³-hybridized carbons (Fsp3) is 0.192. The molecule has 8 nitrogen and oxygen atoms in total. The Hall–Kier alpha value is -4.33. The van der Waals surface area contributed by atoms with Gasteiger partial charge in [0.1, 0.15) is 5.82 Å². The van der Waals surface area contributed by atoms with Crippen LogP contribution in [0, 0.1) is 13.8 Å². The molecule has 0 aliphatic carbocycles. The molecule has 4 aromatic rings. The summed E-state index contributed by atoms with van der Waals surface area (Å²) in [4.78, 5) is 43.6. The van der Waals surface area contributed by atoms with E-state index in [1.165, 1.54) is 4.90 Å². The fourth-order valence-electron chi connectivity index (χ4n) is 4.25. The number of rotatable bonds is 6. The number of hydrogen-bond donors (Lipinski definition) is 1. The zero-order valence-corrected chi connectivity index (χ0v) is 18.9. The van der Waals surface area contributed by atoms with Crippen LogP contribution >= 0.6 is 0 Å². The smallest absolute Gasteiger partial charge is 0.261 e. The highest BCUT2D eigenvalue weighted by Gasteiger charge is 2.34. The molecule has 0 unspecified atom stereocenters. The number of anilines is 1. The molecule has 3 heterocycles. The number of aryl methyl sites for hydroxylation is 2. The van der Waals surface area contributed by atoms with Crippen molar-refractivity contribution in [1.29, 1.82) is 0 Å². The second kappa shape index (κ2) is 8.55. The van der Waals surface area contributed by atoms with Crippen molar-refractivity contribution in [2.75, 3.05) is 11.9 Å². The molecular weight excluding hydrogens is 430 g/mol. The number of nitrogens with zero attached hydrogens (tertiary/aromatic N) is 4. The summed E-state index contributed by atoms with van der Waals surface area (Å²) >= 11 is 0. The topological polar surface area (TPSA) is 97.2 Å². The number of para-hydroxylation sites is 1. The van der Waals surface area contributed by atoms with E-state index < -0.39 is 0 Å². The monoisotopic (exact) mass is 453 g/mol. The third-order valence-electron chi connectivity index (χ3n) is 5.89. The zero-order valence-electron chi connectivity index (χ0n) is 18.9. The summed E-state index contributed by atoms with van der Waals surface area (Å²) in [7, 11) is 0. The second-order valence-electron chi connectivity index (χ2n) is 8.36. The number of pyridine rings is 1. The Labute approximate surface area is 196 Å². The highest BCUT2D eigenvalue weighted by Crippen LogP contribution is 2.24. The Balaban J connectivity index is 1.27. The van der Waals surface area contributed by atoms with Crippen molar-refractivity contribution >= 4 is 34.4 Å². The van der Waals surface area contributed by atoms with E-state index in [0.29, 0.717) is 29.2 Å². The maximum Gasteiger partial charge on any atom is 0.261 e. The van der Waals surface area contributed by atoms with Gasteiger partial charge in [-0.3, -0.25) is 19.3 Å². The number of carbonyl (C=O) groups excluding carboxylic acids is 3. The molecule has 34 heavy (non-hydrogen) atoms. The Kier molecular flexibility index (Phi) is 5.41. The molecule has 2 aromatic carbocycles. The van der Waals surface area contributed by atoms with Crippen LogP contribution in [0.3, 0.4) is 0 Å². The Morgan fingerprint density at radius 1 is 0.941 bits per heavy atom. The van der Waals surface area contributed by atoms with E-state index >= 15 is 0 Å². The normalized spacial score (nSPS) is 12.9. The van der Waals surface area contributed by atoms with Gasteiger partial charge in [-0.05, 0) is 50.1 Å². The number of imide groups is 1. The first-order chi connectivity index (χ1) is 16.4. The highest BCUT2D eigenvalue weighted by atomic mass is 16.2. The van der Waals surface area contributed by atoms with E-state index in [1.807, 2.05) is 44.2 Å². The van der Waals surface area contributed by atoms with Gasteiger partial charge in [-0.1, -0.05) is 30.3 Å². The Morgan fingerprint density at radius 2 is 1.62 bits per heavy atom. The molecular formula is C26H23N5O3. The van der Waals surface area contributed by atoms with E-state index in [2.05, 4.69) is 10.4 Å². The summed E-state index contributed by atoms with van der Waals surface area (Å²) in [5.41, 5.74) is 3.48. The molecule has 0 saturated carbocycles. The van der Waals surface area contributed by atoms with Crippen LogP contribution in [0.5, 0.6) is 0 Å². The van der Waals surface area contributed by atoms with Gasteiger partial charge in [0.05, 0.1) is 22.3 Å². The lowest BCUT2D eigenvalue weighted by atomic mass is 10.1. The number of carbonyl (C=O) groups is 3. The van der Waals surface area contributed by atoms with Crippen molar-refractivity contribution in [2.24, 2.45) is 0 Å². The molecule has 170 valence electrons. The van der Waals surface area contributed by atoms with Crippen LogP contribution in [-0.2, 0) is 4.79 Å². The first-order valence-corrected chi connectivity index (χ1v) is 11.1. The number of hydrogen-bond acceptors (Lipinski definition) is 5. The summed E-state index contributed by atoms with van der Waals surface area (Å²) in [6.45, 7) is 4.05. The van der Waals surface area contributed by atoms with Gasteiger partial charge in [-0.2, -0.15) is 9.78 Å².